The summed E-state index contributed by atoms with van der Waals surface area (Å²) in [4.78, 5) is 3.04. The van der Waals surface area contributed by atoms with Gasteiger partial charge in [-0.1, -0.05) is 30.9 Å². The van der Waals surface area contributed by atoms with Crippen LogP contribution in [-0.2, 0) is 0 Å². The summed E-state index contributed by atoms with van der Waals surface area (Å²) in [6, 6.07) is 3.54. The van der Waals surface area contributed by atoms with Gasteiger partial charge in [-0.3, -0.25) is 0 Å². The summed E-state index contributed by atoms with van der Waals surface area (Å²) in [5, 5.41) is 11.2. The highest BCUT2D eigenvalue weighted by Gasteiger charge is 2.29. The highest BCUT2D eigenvalue weighted by atomic mass is 35.5. The van der Waals surface area contributed by atoms with Crippen LogP contribution in [0.15, 0.2) is 22.7 Å². The minimum absolute atomic E-state index is 0.241. The predicted octanol–water partition coefficient (Wildman–Crippen LogP) is 4.55. The van der Waals surface area contributed by atoms with Crippen LogP contribution in [0.5, 0.6) is 5.75 Å². The van der Waals surface area contributed by atoms with Gasteiger partial charge in [-0.25, -0.2) is 0 Å². The van der Waals surface area contributed by atoms with Crippen LogP contribution in [0.2, 0.25) is 5.02 Å². The predicted molar refractivity (Wildman–Crippen MR) is 81.6 cm³/mol. The molecule has 114 valence electrons. The Labute approximate surface area is 129 Å². The van der Waals surface area contributed by atoms with E-state index in [1.54, 1.807) is 25.4 Å². The van der Waals surface area contributed by atoms with E-state index in [9.17, 15) is 5.11 Å². The molecule has 0 bridgehead atoms. The molecule has 4 nitrogen and oxygen atoms in total. The van der Waals surface area contributed by atoms with Gasteiger partial charge in [0.25, 0.3) is 0 Å². The summed E-state index contributed by atoms with van der Waals surface area (Å²) in [5.74, 6) is 1.91. The minimum atomic E-state index is -0.622. The largest absolute Gasteiger partial charge is 0.493 e. The summed E-state index contributed by atoms with van der Waals surface area (Å²) in [7, 11) is 1.59. The third-order valence-electron chi connectivity index (χ3n) is 4.25. The number of rotatable bonds is 4. The van der Waals surface area contributed by atoms with Gasteiger partial charge >= 0.3 is 0 Å². The van der Waals surface area contributed by atoms with E-state index in [1.165, 1.54) is 19.3 Å². The molecule has 2 heterocycles. The lowest BCUT2D eigenvalue weighted by molar-refractivity contribution is 0.0630. The molecular weight excluding hydrogens is 290 g/mol. The molecule has 2 aromatic heterocycles. The molecule has 1 fully saturated rings. The first-order valence-corrected chi connectivity index (χ1v) is 7.77. The first-order chi connectivity index (χ1) is 10.2. The third kappa shape index (κ3) is 2.83. The Morgan fingerprint density at radius 3 is 2.76 bits per heavy atom. The lowest BCUT2D eigenvalue weighted by atomic mass is 9.84. The first-order valence-electron chi connectivity index (χ1n) is 7.39. The Balaban J connectivity index is 1.91. The van der Waals surface area contributed by atoms with Crippen molar-refractivity contribution in [3.05, 3.63) is 29.1 Å². The maximum Gasteiger partial charge on any atom is 0.175 e. The number of H-pyrrole nitrogens is 1. The standard InChI is InChI=1S/C16H20ClNO3/c1-20-13-9-12(14-11(17)7-8-18-14)21-16(13)15(19)10-5-3-2-4-6-10/h7-10,15,18-19H,2-6H2,1H3. The van der Waals surface area contributed by atoms with Crippen LogP contribution in [0.1, 0.15) is 44.0 Å². The van der Waals surface area contributed by atoms with Crippen LogP contribution in [0.4, 0.5) is 0 Å². The topological polar surface area (TPSA) is 58.4 Å². The molecule has 0 saturated heterocycles. The lowest BCUT2D eigenvalue weighted by Crippen LogP contribution is -2.15. The molecule has 3 rings (SSSR count). The molecule has 21 heavy (non-hydrogen) atoms. The van der Waals surface area contributed by atoms with Crippen LogP contribution in [0.3, 0.4) is 0 Å². The summed E-state index contributed by atoms with van der Waals surface area (Å²) in [5.41, 5.74) is 0.706. The van der Waals surface area contributed by atoms with Crippen LogP contribution in [0.25, 0.3) is 11.5 Å². The number of hydrogen-bond donors (Lipinski definition) is 2. The van der Waals surface area contributed by atoms with E-state index < -0.39 is 6.10 Å². The minimum Gasteiger partial charge on any atom is -0.493 e. The van der Waals surface area contributed by atoms with E-state index >= 15 is 0 Å². The van der Waals surface area contributed by atoms with Crippen molar-refractivity contribution in [2.75, 3.05) is 7.11 Å². The maximum absolute atomic E-state index is 10.6. The Bertz CT molecular complexity index is 598. The van der Waals surface area contributed by atoms with Crippen LogP contribution < -0.4 is 4.74 Å². The Morgan fingerprint density at radius 1 is 1.38 bits per heavy atom. The van der Waals surface area contributed by atoms with Gasteiger partial charge in [-0.05, 0) is 24.8 Å². The zero-order valence-corrected chi connectivity index (χ0v) is 12.8. The summed E-state index contributed by atoms with van der Waals surface area (Å²) >= 11 is 6.11. The number of hydrogen-bond acceptors (Lipinski definition) is 3. The van der Waals surface area contributed by atoms with Crippen molar-refractivity contribution in [1.82, 2.24) is 4.98 Å². The Kier molecular flexibility index (Phi) is 4.27. The molecule has 1 atom stereocenters. The fourth-order valence-corrected chi connectivity index (χ4v) is 3.29. The van der Waals surface area contributed by atoms with Gasteiger partial charge in [0.1, 0.15) is 11.8 Å². The van der Waals surface area contributed by atoms with Gasteiger partial charge in [0.2, 0.25) is 0 Å². The average Bonchev–Trinajstić information content (AvgIpc) is 3.13. The molecule has 2 aromatic rings. The molecule has 0 amide bonds. The van der Waals surface area contributed by atoms with E-state index in [2.05, 4.69) is 4.98 Å². The van der Waals surface area contributed by atoms with Gasteiger partial charge in [0, 0.05) is 12.3 Å². The van der Waals surface area contributed by atoms with Crippen molar-refractivity contribution in [2.24, 2.45) is 5.92 Å². The highest BCUT2D eigenvalue weighted by Crippen LogP contribution is 2.42. The molecule has 1 aliphatic carbocycles. The third-order valence-corrected chi connectivity index (χ3v) is 4.57. The smallest absolute Gasteiger partial charge is 0.175 e. The van der Waals surface area contributed by atoms with Crippen molar-refractivity contribution in [3.8, 4) is 17.2 Å². The number of aliphatic hydroxyl groups is 1. The van der Waals surface area contributed by atoms with Crippen molar-refractivity contribution < 1.29 is 14.3 Å². The van der Waals surface area contributed by atoms with Crippen LogP contribution in [-0.4, -0.2) is 17.2 Å². The number of aromatic amines is 1. The summed E-state index contributed by atoms with van der Waals surface area (Å²) in [6.45, 7) is 0. The van der Waals surface area contributed by atoms with Gasteiger partial charge in [-0.15, -0.1) is 0 Å². The number of ether oxygens (including phenoxy) is 1. The number of furan rings is 1. The van der Waals surface area contributed by atoms with Gasteiger partial charge < -0.3 is 19.2 Å². The molecule has 0 spiro atoms. The van der Waals surface area contributed by atoms with E-state index in [0.717, 1.165) is 12.8 Å². The van der Waals surface area contributed by atoms with Gasteiger partial charge in [0.15, 0.2) is 17.3 Å². The van der Waals surface area contributed by atoms with Crippen molar-refractivity contribution in [1.29, 1.82) is 0 Å². The zero-order valence-electron chi connectivity index (χ0n) is 12.1. The number of aliphatic hydroxyl groups excluding tert-OH is 1. The Morgan fingerprint density at radius 2 is 2.14 bits per heavy atom. The summed E-state index contributed by atoms with van der Waals surface area (Å²) in [6.07, 6.45) is 6.78. The van der Waals surface area contributed by atoms with Gasteiger partial charge in [0.05, 0.1) is 12.1 Å². The molecule has 1 unspecified atom stereocenters. The van der Waals surface area contributed by atoms with Crippen molar-refractivity contribution >= 4 is 11.6 Å². The second kappa shape index (κ2) is 6.16. The van der Waals surface area contributed by atoms with Crippen molar-refractivity contribution in [3.63, 3.8) is 0 Å². The van der Waals surface area contributed by atoms with E-state index in [4.69, 9.17) is 20.8 Å². The Hall–Kier alpha value is -1.39. The average molecular weight is 310 g/mol. The summed E-state index contributed by atoms with van der Waals surface area (Å²) < 4.78 is 11.2. The van der Waals surface area contributed by atoms with Crippen molar-refractivity contribution in [2.45, 2.75) is 38.2 Å². The lowest BCUT2D eigenvalue weighted by Gasteiger charge is -2.25. The fraction of sp³-hybridized carbons (Fsp3) is 0.500. The molecule has 5 heteroatoms. The molecule has 0 radical (unpaired) electrons. The van der Waals surface area contributed by atoms with E-state index in [0.29, 0.717) is 28.0 Å². The monoisotopic (exact) mass is 309 g/mol. The number of halogens is 1. The molecular formula is C16H20ClNO3. The second-order valence-electron chi connectivity index (χ2n) is 5.59. The number of nitrogens with one attached hydrogen (secondary N) is 1. The number of methoxy groups -OCH3 is 1. The fourth-order valence-electron chi connectivity index (χ4n) is 3.08. The van der Waals surface area contributed by atoms with E-state index in [-0.39, 0.29) is 5.92 Å². The molecule has 1 aliphatic rings. The number of aromatic nitrogens is 1. The molecule has 0 aliphatic heterocycles. The normalized spacial score (nSPS) is 17.9. The van der Waals surface area contributed by atoms with Gasteiger partial charge in [-0.2, -0.15) is 0 Å². The second-order valence-corrected chi connectivity index (χ2v) is 5.99. The van der Waals surface area contributed by atoms with Crippen LogP contribution >= 0.6 is 11.6 Å². The highest BCUT2D eigenvalue weighted by molar-refractivity contribution is 6.33. The van der Waals surface area contributed by atoms with E-state index in [1.807, 2.05) is 0 Å². The molecule has 1 saturated carbocycles. The zero-order chi connectivity index (χ0) is 14.8. The van der Waals surface area contributed by atoms with Crippen LogP contribution in [0, 0.1) is 5.92 Å². The maximum atomic E-state index is 10.6. The molecule has 2 N–H and O–H groups in total. The SMILES string of the molecule is COc1cc(-c2[nH]ccc2Cl)oc1C(O)C1CCCCC1. The first kappa shape index (κ1) is 14.5. The molecule has 0 aromatic carbocycles. The quantitative estimate of drug-likeness (QED) is 0.871.